The highest BCUT2D eigenvalue weighted by molar-refractivity contribution is 9.10. The van der Waals surface area contributed by atoms with Gasteiger partial charge < -0.3 is 10.0 Å². The van der Waals surface area contributed by atoms with E-state index in [0.717, 1.165) is 31.6 Å². The first-order valence-corrected chi connectivity index (χ1v) is 8.50. The highest BCUT2D eigenvalue weighted by atomic mass is 79.9. The second-order valence-electron chi connectivity index (χ2n) is 5.74. The van der Waals surface area contributed by atoms with Crippen molar-refractivity contribution in [2.24, 2.45) is 7.05 Å². The van der Waals surface area contributed by atoms with Crippen LogP contribution in [0.5, 0.6) is 0 Å². The lowest BCUT2D eigenvalue weighted by Gasteiger charge is -2.34. The third-order valence-corrected chi connectivity index (χ3v) is 5.12. The van der Waals surface area contributed by atoms with Gasteiger partial charge in [-0.15, -0.1) is 0 Å². The zero-order valence-corrected chi connectivity index (χ0v) is 14.6. The average Bonchev–Trinajstić information content (AvgIpc) is 3.02. The van der Waals surface area contributed by atoms with Gasteiger partial charge in [0.05, 0.1) is 25.0 Å². The number of halogens is 1. The molecular formula is C15H20BrN5O2. The molecule has 0 radical (unpaired) electrons. The lowest BCUT2D eigenvalue weighted by atomic mass is 9.93. The Balaban J connectivity index is 1.73. The summed E-state index contributed by atoms with van der Waals surface area (Å²) < 4.78 is 3.78. The minimum absolute atomic E-state index is 0.0967. The van der Waals surface area contributed by atoms with Crippen LogP contribution in [0.25, 0.3) is 0 Å². The molecule has 23 heavy (non-hydrogen) atoms. The smallest absolute Gasteiger partial charge is 0.282 e. The predicted octanol–water partition coefficient (Wildman–Crippen LogP) is 1.12. The van der Waals surface area contributed by atoms with E-state index in [1.165, 1.54) is 10.4 Å². The van der Waals surface area contributed by atoms with Gasteiger partial charge in [0, 0.05) is 37.9 Å². The largest absolute Gasteiger partial charge is 0.394 e. The number of anilines is 1. The van der Waals surface area contributed by atoms with Crippen LogP contribution in [0.4, 0.5) is 5.69 Å². The molecule has 1 saturated heterocycles. The normalized spacial score (nSPS) is 16.0. The van der Waals surface area contributed by atoms with Gasteiger partial charge >= 0.3 is 0 Å². The minimum atomic E-state index is -0.120. The van der Waals surface area contributed by atoms with E-state index in [1.807, 2.05) is 10.7 Å². The van der Waals surface area contributed by atoms with Crippen LogP contribution in [0.2, 0.25) is 0 Å². The molecule has 3 rings (SSSR count). The molecule has 7 nitrogen and oxygen atoms in total. The number of aromatic nitrogens is 4. The van der Waals surface area contributed by atoms with Crippen molar-refractivity contribution in [1.29, 1.82) is 0 Å². The molecule has 2 aromatic rings. The highest BCUT2D eigenvalue weighted by Crippen LogP contribution is 2.32. The number of hydrogen-bond donors (Lipinski definition) is 1. The quantitative estimate of drug-likeness (QED) is 0.858. The molecule has 124 valence electrons. The van der Waals surface area contributed by atoms with E-state index in [0.29, 0.717) is 16.9 Å². The van der Waals surface area contributed by atoms with Crippen LogP contribution < -0.4 is 10.5 Å². The molecule has 3 heterocycles. The number of nitrogens with zero attached hydrogens (tertiary/aromatic N) is 5. The second kappa shape index (κ2) is 6.84. The van der Waals surface area contributed by atoms with Gasteiger partial charge in [-0.1, -0.05) is 0 Å². The van der Waals surface area contributed by atoms with Crippen molar-refractivity contribution in [2.45, 2.75) is 25.3 Å². The molecule has 0 amide bonds. The lowest BCUT2D eigenvalue weighted by Crippen LogP contribution is -2.35. The molecule has 0 aromatic carbocycles. The van der Waals surface area contributed by atoms with Crippen molar-refractivity contribution in [2.75, 3.05) is 24.6 Å². The third kappa shape index (κ3) is 3.18. The number of aryl methyl sites for hydroxylation is 1. The maximum absolute atomic E-state index is 12.0. The van der Waals surface area contributed by atoms with E-state index in [9.17, 15) is 4.79 Å². The molecule has 2 aromatic heterocycles. The number of rotatable bonds is 4. The minimum Gasteiger partial charge on any atom is -0.394 e. The molecule has 0 bridgehead atoms. The summed E-state index contributed by atoms with van der Waals surface area (Å²) in [6, 6.07) is 2.03. The summed E-state index contributed by atoms with van der Waals surface area (Å²) in [4.78, 5) is 14.2. The van der Waals surface area contributed by atoms with Gasteiger partial charge in [0.2, 0.25) is 0 Å². The van der Waals surface area contributed by atoms with Crippen molar-refractivity contribution in [3.05, 3.63) is 39.0 Å². The molecule has 1 fully saturated rings. The zero-order valence-electron chi connectivity index (χ0n) is 13.0. The highest BCUT2D eigenvalue weighted by Gasteiger charge is 2.25. The predicted molar refractivity (Wildman–Crippen MR) is 90.7 cm³/mol. The first kappa shape index (κ1) is 16.2. The standard InChI is InChI=1S/C15H20BrN5O2/c1-19-15(23)14(16)13(10-18-19)20-6-3-11(4-7-20)12-2-5-17-21(12)8-9-22/h2,5,10-11,22H,3-4,6-9H2,1H3. The number of piperidine rings is 1. The van der Waals surface area contributed by atoms with E-state index in [2.05, 4.69) is 31.0 Å². The summed E-state index contributed by atoms with van der Waals surface area (Å²) in [6.45, 7) is 2.36. The fraction of sp³-hybridized carbons (Fsp3) is 0.533. The van der Waals surface area contributed by atoms with Gasteiger partial charge in [0.1, 0.15) is 4.47 Å². The zero-order chi connectivity index (χ0) is 16.4. The molecule has 0 aliphatic carbocycles. The Morgan fingerprint density at radius 3 is 2.78 bits per heavy atom. The molecule has 8 heteroatoms. The molecule has 0 atom stereocenters. The summed E-state index contributed by atoms with van der Waals surface area (Å²) in [5, 5.41) is 17.5. The SMILES string of the molecule is Cn1ncc(N2CCC(c3ccnn3CCO)CC2)c(Br)c1=O. The Morgan fingerprint density at radius 2 is 2.09 bits per heavy atom. The number of aliphatic hydroxyl groups excluding tert-OH is 1. The van der Waals surface area contributed by atoms with Gasteiger partial charge in [-0.05, 0) is 34.8 Å². The van der Waals surface area contributed by atoms with E-state index in [4.69, 9.17) is 5.11 Å². The second-order valence-corrected chi connectivity index (χ2v) is 6.53. The first-order valence-electron chi connectivity index (χ1n) is 7.71. The van der Waals surface area contributed by atoms with Crippen molar-refractivity contribution in [1.82, 2.24) is 19.6 Å². The van der Waals surface area contributed by atoms with E-state index < -0.39 is 0 Å². The van der Waals surface area contributed by atoms with Crippen molar-refractivity contribution < 1.29 is 5.11 Å². The van der Waals surface area contributed by atoms with Crippen LogP contribution in [0.1, 0.15) is 24.5 Å². The molecular weight excluding hydrogens is 362 g/mol. The topological polar surface area (TPSA) is 76.2 Å². The Labute approximate surface area is 142 Å². The maximum atomic E-state index is 12.0. The molecule has 1 aliphatic rings. The van der Waals surface area contributed by atoms with Crippen molar-refractivity contribution >= 4 is 21.6 Å². The van der Waals surface area contributed by atoms with E-state index in [1.54, 1.807) is 19.4 Å². The fourth-order valence-corrected chi connectivity index (χ4v) is 3.72. The van der Waals surface area contributed by atoms with Crippen LogP contribution in [0.3, 0.4) is 0 Å². The maximum Gasteiger partial charge on any atom is 0.282 e. The monoisotopic (exact) mass is 381 g/mol. The summed E-state index contributed by atoms with van der Waals surface area (Å²) in [6.07, 6.45) is 5.50. The molecule has 0 saturated carbocycles. The van der Waals surface area contributed by atoms with Gasteiger partial charge in [-0.3, -0.25) is 9.48 Å². The van der Waals surface area contributed by atoms with Crippen molar-refractivity contribution in [3.63, 3.8) is 0 Å². The Kier molecular flexibility index (Phi) is 4.82. The van der Waals surface area contributed by atoms with Crippen LogP contribution in [0.15, 0.2) is 27.7 Å². The van der Waals surface area contributed by atoms with Gasteiger partial charge in [-0.2, -0.15) is 10.2 Å². The lowest BCUT2D eigenvalue weighted by molar-refractivity contribution is 0.265. The molecule has 1 aliphatic heterocycles. The summed E-state index contributed by atoms with van der Waals surface area (Å²) in [5.41, 5.74) is 1.92. The number of aliphatic hydroxyl groups is 1. The fourth-order valence-electron chi connectivity index (χ4n) is 3.11. The van der Waals surface area contributed by atoms with Gasteiger partial charge in [0.25, 0.3) is 5.56 Å². The van der Waals surface area contributed by atoms with E-state index >= 15 is 0 Å². The Bertz CT molecular complexity index is 734. The molecule has 1 N–H and O–H groups in total. The van der Waals surface area contributed by atoms with Crippen molar-refractivity contribution in [3.8, 4) is 0 Å². The van der Waals surface area contributed by atoms with Crippen LogP contribution in [-0.2, 0) is 13.6 Å². The van der Waals surface area contributed by atoms with Gasteiger partial charge in [0.15, 0.2) is 0 Å². The average molecular weight is 382 g/mol. The molecule has 0 spiro atoms. The summed E-state index contributed by atoms with van der Waals surface area (Å²) >= 11 is 3.40. The van der Waals surface area contributed by atoms with Gasteiger partial charge in [-0.25, -0.2) is 4.68 Å². The summed E-state index contributed by atoms with van der Waals surface area (Å²) in [7, 11) is 1.64. The Morgan fingerprint density at radius 1 is 1.35 bits per heavy atom. The summed E-state index contributed by atoms with van der Waals surface area (Å²) in [5.74, 6) is 0.429. The van der Waals surface area contributed by atoms with Crippen LogP contribution in [-0.4, -0.2) is 44.4 Å². The number of hydrogen-bond acceptors (Lipinski definition) is 5. The van der Waals surface area contributed by atoms with Crippen LogP contribution >= 0.6 is 15.9 Å². The molecule has 0 unspecified atom stereocenters. The van der Waals surface area contributed by atoms with E-state index in [-0.39, 0.29) is 12.2 Å². The third-order valence-electron chi connectivity index (χ3n) is 4.37. The first-order chi connectivity index (χ1) is 11.1. The van der Waals surface area contributed by atoms with Crippen LogP contribution in [0, 0.1) is 0 Å². The Hall–Kier alpha value is -1.67.